The first-order chi connectivity index (χ1) is 10.9. The molecular formula is C15H23N3O4S. The summed E-state index contributed by atoms with van der Waals surface area (Å²) in [4.78, 5) is 13.6. The molecule has 1 fully saturated rings. The molecule has 128 valence electrons. The lowest BCUT2D eigenvalue weighted by Crippen LogP contribution is -2.48. The van der Waals surface area contributed by atoms with Gasteiger partial charge in [-0.05, 0) is 38.1 Å². The molecule has 0 spiro atoms. The van der Waals surface area contributed by atoms with Gasteiger partial charge in [-0.15, -0.1) is 0 Å². The van der Waals surface area contributed by atoms with Crippen molar-refractivity contribution in [3.8, 4) is 5.75 Å². The highest BCUT2D eigenvalue weighted by Crippen LogP contribution is 2.18. The molecule has 1 aliphatic rings. The quantitative estimate of drug-likeness (QED) is 0.793. The molecule has 1 heterocycles. The zero-order valence-electron chi connectivity index (χ0n) is 13.4. The summed E-state index contributed by atoms with van der Waals surface area (Å²) >= 11 is 0. The third kappa shape index (κ3) is 5.72. The lowest BCUT2D eigenvalue weighted by molar-refractivity contribution is -0.128. The number of nitrogens with zero attached hydrogens (tertiary/aromatic N) is 1. The van der Waals surface area contributed by atoms with E-state index in [0.29, 0.717) is 37.6 Å². The van der Waals surface area contributed by atoms with Gasteiger partial charge in [0.15, 0.2) is 0 Å². The average Bonchev–Trinajstić information content (AvgIpc) is 2.49. The number of amides is 1. The zero-order chi connectivity index (χ0) is 16.9. The number of benzene rings is 1. The van der Waals surface area contributed by atoms with Gasteiger partial charge in [0.05, 0.1) is 6.10 Å². The van der Waals surface area contributed by atoms with E-state index in [1.807, 2.05) is 13.8 Å². The Bertz CT molecular complexity index is 623. The molecule has 0 atom stereocenters. The number of anilines is 1. The highest BCUT2D eigenvalue weighted by Gasteiger charge is 2.23. The molecule has 7 nitrogen and oxygen atoms in total. The van der Waals surface area contributed by atoms with Gasteiger partial charge in [-0.1, -0.05) is 0 Å². The minimum atomic E-state index is -3.72. The Labute approximate surface area is 137 Å². The third-order valence-electron chi connectivity index (χ3n) is 3.28. The van der Waals surface area contributed by atoms with Crippen LogP contribution in [0.3, 0.4) is 0 Å². The van der Waals surface area contributed by atoms with Crippen molar-refractivity contribution < 1.29 is 17.9 Å². The molecule has 2 N–H and O–H groups in total. The van der Waals surface area contributed by atoms with E-state index >= 15 is 0 Å². The number of hydrogen-bond acceptors (Lipinski definition) is 5. The molecule has 1 aromatic rings. The molecule has 23 heavy (non-hydrogen) atoms. The largest absolute Gasteiger partial charge is 0.491 e. The fourth-order valence-electron chi connectivity index (χ4n) is 2.26. The van der Waals surface area contributed by atoms with Crippen LogP contribution in [0.1, 0.15) is 13.8 Å². The first-order valence-corrected chi connectivity index (χ1v) is 9.27. The van der Waals surface area contributed by atoms with E-state index in [0.717, 1.165) is 0 Å². The number of sulfonamides is 1. The third-order valence-corrected chi connectivity index (χ3v) is 4.46. The Balaban J connectivity index is 1.93. The second kappa shape index (κ2) is 7.65. The van der Waals surface area contributed by atoms with E-state index in [-0.39, 0.29) is 12.0 Å². The Morgan fingerprint density at radius 2 is 1.87 bits per heavy atom. The van der Waals surface area contributed by atoms with Gasteiger partial charge in [0.1, 0.15) is 11.5 Å². The number of rotatable bonds is 6. The number of nitrogens with one attached hydrogen (secondary N) is 2. The number of ether oxygens (including phenoxy) is 1. The van der Waals surface area contributed by atoms with Crippen molar-refractivity contribution in [3.63, 3.8) is 0 Å². The van der Waals surface area contributed by atoms with Crippen molar-refractivity contribution in [3.05, 3.63) is 24.3 Å². The molecule has 0 bridgehead atoms. The molecule has 0 aromatic heterocycles. The second-order valence-electron chi connectivity index (χ2n) is 5.68. The average molecular weight is 341 g/mol. The fourth-order valence-corrected chi connectivity index (χ4v) is 3.33. The summed E-state index contributed by atoms with van der Waals surface area (Å²) in [5.41, 5.74) is 0.411. The predicted octanol–water partition coefficient (Wildman–Crippen LogP) is 0.647. The number of hydrogen-bond donors (Lipinski definition) is 2. The monoisotopic (exact) mass is 341 g/mol. The predicted molar refractivity (Wildman–Crippen MR) is 89.1 cm³/mol. The lowest BCUT2D eigenvalue weighted by Gasteiger charge is -2.27. The van der Waals surface area contributed by atoms with Crippen molar-refractivity contribution >= 4 is 21.6 Å². The molecule has 0 saturated carbocycles. The van der Waals surface area contributed by atoms with E-state index in [4.69, 9.17) is 4.74 Å². The fraction of sp³-hybridized carbons (Fsp3) is 0.533. The van der Waals surface area contributed by atoms with Crippen molar-refractivity contribution in [1.82, 2.24) is 10.2 Å². The normalized spacial score (nSPS) is 15.5. The van der Waals surface area contributed by atoms with Gasteiger partial charge in [-0.3, -0.25) is 9.52 Å². The smallest absolute Gasteiger partial charge is 0.241 e. The van der Waals surface area contributed by atoms with E-state index < -0.39 is 15.8 Å². The maximum Gasteiger partial charge on any atom is 0.241 e. The van der Waals surface area contributed by atoms with Gasteiger partial charge in [-0.2, -0.15) is 0 Å². The van der Waals surface area contributed by atoms with Gasteiger partial charge in [0, 0.05) is 31.9 Å². The second-order valence-corrected chi connectivity index (χ2v) is 7.41. The van der Waals surface area contributed by atoms with Gasteiger partial charge in [-0.25, -0.2) is 8.42 Å². The number of piperazine rings is 1. The van der Waals surface area contributed by atoms with Crippen LogP contribution in [-0.4, -0.2) is 57.3 Å². The summed E-state index contributed by atoms with van der Waals surface area (Å²) < 4.78 is 32.1. The van der Waals surface area contributed by atoms with Crippen LogP contribution in [0.5, 0.6) is 5.75 Å². The van der Waals surface area contributed by atoms with Crippen LogP contribution < -0.4 is 14.8 Å². The maximum atomic E-state index is 12.1. The van der Waals surface area contributed by atoms with Gasteiger partial charge in [0.2, 0.25) is 15.9 Å². The molecule has 8 heteroatoms. The van der Waals surface area contributed by atoms with E-state index in [1.54, 1.807) is 29.2 Å². The molecular weight excluding hydrogens is 318 g/mol. The summed E-state index contributed by atoms with van der Waals surface area (Å²) in [6, 6.07) is 6.61. The summed E-state index contributed by atoms with van der Waals surface area (Å²) in [5.74, 6) is -0.254. The summed E-state index contributed by atoms with van der Waals surface area (Å²) in [7, 11) is -3.72. The lowest BCUT2D eigenvalue weighted by atomic mass is 10.3. The van der Waals surface area contributed by atoms with E-state index in [2.05, 4.69) is 10.0 Å². The van der Waals surface area contributed by atoms with Gasteiger partial charge in [0.25, 0.3) is 0 Å². The van der Waals surface area contributed by atoms with Crippen LogP contribution in [0.4, 0.5) is 5.69 Å². The van der Waals surface area contributed by atoms with Crippen LogP contribution in [0.15, 0.2) is 24.3 Å². The van der Waals surface area contributed by atoms with Crippen LogP contribution in [0.25, 0.3) is 0 Å². The number of carbonyl (C=O) groups is 1. The molecule has 0 aliphatic carbocycles. The Hall–Kier alpha value is -1.80. The minimum Gasteiger partial charge on any atom is -0.491 e. The minimum absolute atomic E-state index is 0.0502. The van der Waals surface area contributed by atoms with Crippen molar-refractivity contribution in [1.29, 1.82) is 0 Å². The molecule has 2 rings (SSSR count). The Morgan fingerprint density at radius 3 is 2.43 bits per heavy atom. The summed E-state index contributed by atoms with van der Waals surface area (Å²) in [6.07, 6.45) is 0.0502. The first-order valence-electron chi connectivity index (χ1n) is 7.61. The Kier molecular flexibility index (Phi) is 5.84. The topological polar surface area (TPSA) is 87.7 Å². The van der Waals surface area contributed by atoms with Crippen LogP contribution in [0, 0.1) is 0 Å². The maximum absolute atomic E-state index is 12.1. The van der Waals surface area contributed by atoms with Crippen molar-refractivity contribution in [2.45, 2.75) is 20.0 Å². The van der Waals surface area contributed by atoms with E-state index in [9.17, 15) is 13.2 Å². The standard InChI is InChI=1S/C15H23N3O4S/c1-12(2)22-14-5-3-13(4-6-14)17-23(20,21)11-15(19)18-9-7-16-8-10-18/h3-6,12,16-17H,7-11H2,1-2H3. The van der Waals surface area contributed by atoms with Crippen molar-refractivity contribution in [2.75, 3.05) is 36.7 Å². The highest BCUT2D eigenvalue weighted by molar-refractivity contribution is 7.93. The zero-order valence-corrected chi connectivity index (χ0v) is 14.2. The van der Waals surface area contributed by atoms with Crippen LogP contribution in [0.2, 0.25) is 0 Å². The van der Waals surface area contributed by atoms with Gasteiger partial charge < -0.3 is 15.0 Å². The van der Waals surface area contributed by atoms with E-state index in [1.165, 1.54) is 0 Å². The van der Waals surface area contributed by atoms with Crippen molar-refractivity contribution in [2.24, 2.45) is 0 Å². The van der Waals surface area contributed by atoms with Crippen LogP contribution >= 0.6 is 0 Å². The molecule has 1 aliphatic heterocycles. The first kappa shape index (κ1) is 17.6. The summed E-state index contributed by atoms with van der Waals surface area (Å²) in [6.45, 7) is 6.29. The van der Waals surface area contributed by atoms with Gasteiger partial charge >= 0.3 is 0 Å². The SMILES string of the molecule is CC(C)Oc1ccc(NS(=O)(=O)CC(=O)N2CCNCC2)cc1. The molecule has 1 saturated heterocycles. The van der Waals surface area contributed by atoms with Crippen LogP contribution in [-0.2, 0) is 14.8 Å². The summed E-state index contributed by atoms with van der Waals surface area (Å²) in [5, 5.41) is 3.12. The molecule has 0 radical (unpaired) electrons. The molecule has 1 amide bonds. The Morgan fingerprint density at radius 1 is 1.26 bits per heavy atom. The molecule has 1 aromatic carbocycles. The molecule has 0 unspecified atom stereocenters. The number of carbonyl (C=O) groups excluding carboxylic acids is 1. The highest BCUT2D eigenvalue weighted by atomic mass is 32.2.